The number of amides is 1. The molecule has 0 saturated heterocycles. The fourth-order valence-corrected chi connectivity index (χ4v) is 2.36. The van der Waals surface area contributed by atoms with Gasteiger partial charge < -0.3 is 15.2 Å². The Hall–Kier alpha value is -2.82. The van der Waals surface area contributed by atoms with E-state index in [1.54, 1.807) is 18.2 Å². The minimum absolute atomic E-state index is 0.0627. The molecule has 2 aromatic rings. The highest BCUT2D eigenvalue weighted by Crippen LogP contribution is 2.19. The number of carbonyl (C=O) groups is 2. The monoisotopic (exact) mass is 327 g/mol. The Kier molecular flexibility index (Phi) is 5.95. The summed E-state index contributed by atoms with van der Waals surface area (Å²) >= 11 is 0. The minimum Gasteiger partial charge on any atom is -0.483 e. The number of aliphatic carboxylic acids is 1. The molecule has 5 heteroatoms. The second-order valence-electron chi connectivity index (χ2n) is 5.70. The van der Waals surface area contributed by atoms with Crippen molar-refractivity contribution in [3.8, 4) is 5.75 Å². The number of carbonyl (C=O) groups excluding carboxylic acids is 1. The number of ether oxygens (including phenoxy) is 1. The molecule has 2 N–H and O–H groups in total. The van der Waals surface area contributed by atoms with Gasteiger partial charge in [-0.2, -0.15) is 0 Å². The summed E-state index contributed by atoms with van der Waals surface area (Å²) in [6.07, 6.45) is 0.491. The molecular formula is C19H21NO4. The van der Waals surface area contributed by atoms with Crippen molar-refractivity contribution in [2.24, 2.45) is 0 Å². The van der Waals surface area contributed by atoms with E-state index in [2.05, 4.69) is 5.32 Å². The van der Waals surface area contributed by atoms with Gasteiger partial charge in [0, 0.05) is 12.1 Å². The molecule has 0 bridgehead atoms. The molecule has 1 amide bonds. The van der Waals surface area contributed by atoms with Crippen LogP contribution in [-0.2, 0) is 16.0 Å². The second-order valence-corrected chi connectivity index (χ2v) is 5.70. The van der Waals surface area contributed by atoms with Crippen molar-refractivity contribution in [2.75, 3.05) is 11.9 Å². The second kappa shape index (κ2) is 8.15. The number of hydrogen-bond acceptors (Lipinski definition) is 3. The van der Waals surface area contributed by atoms with Crippen LogP contribution < -0.4 is 10.1 Å². The lowest BCUT2D eigenvalue weighted by Crippen LogP contribution is -2.20. The number of hydrogen-bond donors (Lipinski definition) is 2. The predicted molar refractivity (Wildman–Crippen MR) is 92.4 cm³/mol. The number of carboxylic acid groups (broad SMARTS) is 1. The molecule has 0 atom stereocenters. The Balaban J connectivity index is 1.90. The van der Waals surface area contributed by atoms with Crippen molar-refractivity contribution >= 4 is 17.6 Å². The van der Waals surface area contributed by atoms with Crippen molar-refractivity contribution in [1.82, 2.24) is 0 Å². The van der Waals surface area contributed by atoms with E-state index in [4.69, 9.17) is 9.84 Å². The van der Waals surface area contributed by atoms with Gasteiger partial charge in [-0.05, 0) is 49.6 Å². The Morgan fingerprint density at radius 1 is 1.12 bits per heavy atom. The summed E-state index contributed by atoms with van der Waals surface area (Å²) in [5.74, 6) is -0.414. The van der Waals surface area contributed by atoms with Gasteiger partial charge in [0.15, 0.2) is 6.61 Å². The summed E-state index contributed by atoms with van der Waals surface area (Å²) in [6, 6.07) is 13.0. The molecule has 2 aromatic carbocycles. The van der Waals surface area contributed by atoms with Crippen LogP contribution in [0.3, 0.4) is 0 Å². The first kappa shape index (κ1) is 17.5. The van der Waals surface area contributed by atoms with Crippen molar-refractivity contribution < 1.29 is 19.4 Å². The van der Waals surface area contributed by atoms with Gasteiger partial charge in [-0.3, -0.25) is 9.59 Å². The third-order valence-corrected chi connectivity index (χ3v) is 3.53. The van der Waals surface area contributed by atoms with Gasteiger partial charge in [-0.15, -0.1) is 0 Å². The summed E-state index contributed by atoms with van der Waals surface area (Å²) in [5.41, 5.74) is 3.62. The highest BCUT2D eigenvalue weighted by Gasteiger charge is 2.07. The molecule has 2 rings (SSSR count). The van der Waals surface area contributed by atoms with Crippen LogP contribution in [0.4, 0.5) is 5.69 Å². The maximum absolute atomic E-state index is 12.0. The van der Waals surface area contributed by atoms with Crippen molar-refractivity contribution in [2.45, 2.75) is 26.7 Å². The smallest absolute Gasteiger partial charge is 0.303 e. The first-order chi connectivity index (χ1) is 11.4. The molecule has 24 heavy (non-hydrogen) atoms. The average Bonchev–Trinajstić information content (AvgIpc) is 2.52. The van der Waals surface area contributed by atoms with Crippen LogP contribution in [0.25, 0.3) is 0 Å². The van der Waals surface area contributed by atoms with Gasteiger partial charge in [0.25, 0.3) is 5.91 Å². The minimum atomic E-state index is -0.841. The quantitative estimate of drug-likeness (QED) is 0.818. The average molecular weight is 327 g/mol. The van der Waals surface area contributed by atoms with E-state index in [1.807, 2.05) is 38.1 Å². The summed E-state index contributed by atoms with van der Waals surface area (Å²) < 4.78 is 5.55. The largest absolute Gasteiger partial charge is 0.483 e. The van der Waals surface area contributed by atoms with E-state index in [0.29, 0.717) is 17.9 Å². The van der Waals surface area contributed by atoms with Crippen LogP contribution in [0.15, 0.2) is 42.5 Å². The lowest BCUT2D eigenvalue weighted by atomic mass is 10.1. The lowest BCUT2D eigenvalue weighted by Gasteiger charge is -2.11. The zero-order chi connectivity index (χ0) is 17.5. The standard InChI is InChI=1S/C19H21NO4/c1-13-6-8-17(14(2)10-13)24-12-18(21)20-16-5-3-4-15(11-16)7-9-19(22)23/h3-6,8,10-11H,7,9,12H2,1-2H3,(H,20,21)(H,22,23). The van der Waals surface area contributed by atoms with Gasteiger partial charge >= 0.3 is 5.97 Å². The van der Waals surface area contributed by atoms with Crippen LogP contribution in [0.1, 0.15) is 23.1 Å². The molecule has 0 aromatic heterocycles. The fraction of sp³-hybridized carbons (Fsp3) is 0.263. The highest BCUT2D eigenvalue weighted by atomic mass is 16.5. The summed E-state index contributed by atoms with van der Waals surface area (Å²) in [6.45, 7) is 3.86. The Bertz CT molecular complexity index is 740. The first-order valence-corrected chi connectivity index (χ1v) is 7.74. The van der Waals surface area contributed by atoms with Crippen LogP contribution in [0.2, 0.25) is 0 Å². The number of nitrogens with one attached hydrogen (secondary N) is 1. The number of carboxylic acids is 1. The molecule has 0 aliphatic carbocycles. The third-order valence-electron chi connectivity index (χ3n) is 3.53. The molecule has 0 heterocycles. The molecule has 0 fully saturated rings. The molecule has 5 nitrogen and oxygen atoms in total. The Morgan fingerprint density at radius 2 is 1.92 bits per heavy atom. The van der Waals surface area contributed by atoms with E-state index in [-0.39, 0.29) is 18.9 Å². The first-order valence-electron chi connectivity index (χ1n) is 7.74. The molecule has 0 aliphatic rings. The molecule has 0 spiro atoms. The van der Waals surface area contributed by atoms with Gasteiger partial charge in [-0.1, -0.05) is 29.8 Å². The number of aryl methyl sites for hydroxylation is 3. The van der Waals surface area contributed by atoms with Gasteiger partial charge in [0.05, 0.1) is 0 Å². The maximum atomic E-state index is 12.0. The Morgan fingerprint density at radius 3 is 2.62 bits per heavy atom. The van der Waals surface area contributed by atoms with Gasteiger partial charge in [0.1, 0.15) is 5.75 Å². The third kappa shape index (κ3) is 5.43. The SMILES string of the molecule is Cc1ccc(OCC(=O)Nc2cccc(CCC(=O)O)c2)c(C)c1. The number of anilines is 1. The molecule has 0 unspecified atom stereocenters. The van der Waals surface area contributed by atoms with E-state index in [1.165, 1.54) is 0 Å². The summed E-state index contributed by atoms with van der Waals surface area (Å²) in [5, 5.41) is 11.5. The van der Waals surface area contributed by atoms with Crippen LogP contribution in [0, 0.1) is 13.8 Å². The normalized spacial score (nSPS) is 10.2. The van der Waals surface area contributed by atoms with Gasteiger partial charge in [-0.25, -0.2) is 0 Å². The van der Waals surface area contributed by atoms with E-state index >= 15 is 0 Å². The van der Waals surface area contributed by atoms with E-state index in [0.717, 1.165) is 16.7 Å². The van der Waals surface area contributed by atoms with Crippen LogP contribution in [-0.4, -0.2) is 23.6 Å². The fourth-order valence-electron chi connectivity index (χ4n) is 2.36. The highest BCUT2D eigenvalue weighted by molar-refractivity contribution is 5.92. The topological polar surface area (TPSA) is 75.6 Å². The van der Waals surface area contributed by atoms with E-state index in [9.17, 15) is 9.59 Å². The zero-order valence-corrected chi connectivity index (χ0v) is 13.8. The van der Waals surface area contributed by atoms with Gasteiger partial charge in [0.2, 0.25) is 0 Å². The van der Waals surface area contributed by atoms with Crippen molar-refractivity contribution in [3.63, 3.8) is 0 Å². The van der Waals surface area contributed by atoms with Crippen molar-refractivity contribution in [3.05, 3.63) is 59.2 Å². The number of rotatable bonds is 7. The summed E-state index contributed by atoms with van der Waals surface area (Å²) in [4.78, 5) is 22.6. The van der Waals surface area contributed by atoms with Crippen molar-refractivity contribution in [1.29, 1.82) is 0 Å². The molecular weight excluding hydrogens is 306 g/mol. The predicted octanol–water partition coefficient (Wildman–Crippen LogP) is 3.34. The molecule has 0 saturated carbocycles. The lowest BCUT2D eigenvalue weighted by molar-refractivity contribution is -0.137. The maximum Gasteiger partial charge on any atom is 0.303 e. The van der Waals surface area contributed by atoms with Crippen LogP contribution >= 0.6 is 0 Å². The summed E-state index contributed by atoms with van der Waals surface area (Å²) in [7, 11) is 0. The number of benzene rings is 2. The Labute approximate surface area is 141 Å². The molecule has 0 aliphatic heterocycles. The van der Waals surface area contributed by atoms with Crippen LogP contribution in [0.5, 0.6) is 5.75 Å². The zero-order valence-electron chi connectivity index (χ0n) is 13.8. The molecule has 126 valence electrons. The van der Waals surface area contributed by atoms with E-state index < -0.39 is 5.97 Å². The molecule has 0 radical (unpaired) electrons.